The Morgan fingerprint density at radius 1 is 1.10 bits per heavy atom. The molecule has 0 aromatic heterocycles. The molecule has 21 heavy (non-hydrogen) atoms. The minimum atomic E-state index is -4.45. The lowest BCUT2D eigenvalue weighted by Crippen LogP contribution is -2.11. The highest BCUT2D eigenvalue weighted by molar-refractivity contribution is 5.46. The number of hydrogen-bond donors (Lipinski definition) is 1. The van der Waals surface area contributed by atoms with Gasteiger partial charge < -0.3 is 10.5 Å². The number of nitrogens with two attached hydrogens (primary N) is 1. The predicted molar refractivity (Wildman–Crippen MR) is 76.0 cm³/mol. The number of benzene rings is 2. The molecule has 0 fully saturated rings. The van der Waals surface area contributed by atoms with Gasteiger partial charge in [-0.3, -0.25) is 0 Å². The Morgan fingerprint density at radius 2 is 1.86 bits per heavy atom. The molecule has 0 saturated carbocycles. The van der Waals surface area contributed by atoms with E-state index in [-0.39, 0.29) is 17.9 Å². The fourth-order valence-corrected chi connectivity index (χ4v) is 2.00. The Morgan fingerprint density at radius 3 is 2.52 bits per heavy atom. The summed E-state index contributed by atoms with van der Waals surface area (Å²) >= 11 is 0. The fourth-order valence-electron chi connectivity index (χ4n) is 2.00. The predicted octanol–water partition coefficient (Wildman–Crippen LogP) is 4.43. The van der Waals surface area contributed by atoms with Crippen molar-refractivity contribution in [1.29, 1.82) is 0 Å². The van der Waals surface area contributed by atoms with E-state index in [4.69, 9.17) is 10.5 Å². The second kappa shape index (κ2) is 6.08. The minimum Gasteiger partial charge on any atom is -0.489 e. The van der Waals surface area contributed by atoms with E-state index in [1.165, 1.54) is 12.1 Å². The number of hydrogen-bond acceptors (Lipinski definition) is 2. The molecule has 2 rings (SSSR count). The van der Waals surface area contributed by atoms with Gasteiger partial charge in [0, 0.05) is 11.3 Å². The van der Waals surface area contributed by atoms with E-state index in [2.05, 4.69) is 0 Å². The van der Waals surface area contributed by atoms with E-state index in [0.717, 1.165) is 18.1 Å². The van der Waals surface area contributed by atoms with Crippen LogP contribution in [0, 0.1) is 0 Å². The van der Waals surface area contributed by atoms with Gasteiger partial charge in [0.1, 0.15) is 12.4 Å². The van der Waals surface area contributed by atoms with Crippen molar-refractivity contribution in [2.24, 2.45) is 0 Å². The molecule has 0 bridgehead atoms. The Balaban J connectivity index is 2.20. The number of ether oxygens (including phenoxy) is 1. The van der Waals surface area contributed by atoms with E-state index in [1.807, 2.05) is 25.1 Å². The second-order valence-electron chi connectivity index (χ2n) is 4.70. The molecule has 5 heteroatoms. The Bertz CT molecular complexity index is 623. The van der Waals surface area contributed by atoms with Crippen molar-refractivity contribution >= 4 is 5.69 Å². The zero-order chi connectivity index (χ0) is 15.5. The molecule has 0 aliphatic heterocycles. The summed E-state index contributed by atoms with van der Waals surface area (Å²) in [5, 5.41) is 0. The zero-order valence-corrected chi connectivity index (χ0v) is 11.6. The maximum absolute atomic E-state index is 13.0. The van der Waals surface area contributed by atoms with Crippen LogP contribution in [0.5, 0.6) is 5.75 Å². The van der Waals surface area contributed by atoms with Gasteiger partial charge in [0.25, 0.3) is 0 Å². The maximum Gasteiger partial charge on any atom is 0.416 e. The quantitative estimate of drug-likeness (QED) is 0.847. The fraction of sp³-hybridized carbons (Fsp3) is 0.250. The zero-order valence-electron chi connectivity index (χ0n) is 11.6. The van der Waals surface area contributed by atoms with Gasteiger partial charge >= 0.3 is 6.18 Å². The van der Waals surface area contributed by atoms with Crippen LogP contribution >= 0.6 is 0 Å². The van der Waals surface area contributed by atoms with E-state index in [0.29, 0.717) is 5.75 Å². The number of aryl methyl sites for hydroxylation is 1. The third-order valence-corrected chi connectivity index (χ3v) is 3.14. The first-order chi connectivity index (χ1) is 9.90. The van der Waals surface area contributed by atoms with Crippen LogP contribution in [0.2, 0.25) is 0 Å². The van der Waals surface area contributed by atoms with Crippen LogP contribution in [0.3, 0.4) is 0 Å². The average molecular weight is 295 g/mol. The van der Waals surface area contributed by atoms with Gasteiger partial charge in [0.05, 0.1) is 5.56 Å². The van der Waals surface area contributed by atoms with E-state index in [1.54, 1.807) is 6.07 Å². The van der Waals surface area contributed by atoms with Crippen molar-refractivity contribution in [3.63, 3.8) is 0 Å². The smallest absolute Gasteiger partial charge is 0.416 e. The molecule has 0 unspecified atom stereocenters. The van der Waals surface area contributed by atoms with Crippen LogP contribution in [0.15, 0.2) is 42.5 Å². The molecular weight excluding hydrogens is 279 g/mol. The number of anilines is 1. The summed E-state index contributed by atoms with van der Waals surface area (Å²) < 4.78 is 44.4. The highest BCUT2D eigenvalue weighted by atomic mass is 19.4. The summed E-state index contributed by atoms with van der Waals surface area (Å²) in [5.41, 5.74) is 5.89. The van der Waals surface area contributed by atoms with Crippen molar-refractivity contribution in [3.8, 4) is 5.75 Å². The first-order valence-electron chi connectivity index (χ1n) is 6.57. The molecule has 2 aromatic carbocycles. The van der Waals surface area contributed by atoms with Gasteiger partial charge in [-0.25, -0.2) is 0 Å². The molecule has 2 nitrogen and oxygen atoms in total. The monoisotopic (exact) mass is 295 g/mol. The first-order valence-corrected chi connectivity index (χ1v) is 6.57. The van der Waals surface area contributed by atoms with Gasteiger partial charge in [0.2, 0.25) is 0 Å². The van der Waals surface area contributed by atoms with Gasteiger partial charge in [0.15, 0.2) is 0 Å². The molecule has 2 N–H and O–H groups in total. The summed E-state index contributed by atoms with van der Waals surface area (Å²) in [7, 11) is 0. The number of rotatable bonds is 4. The number of nitrogen functional groups attached to an aromatic ring is 1. The van der Waals surface area contributed by atoms with E-state index in [9.17, 15) is 13.2 Å². The second-order valence-corrected chi connectivity index (χ2v) is 4.70. The standard InChI is InChI=1S/C16H16F3NO/c1-2-11-4-3-5-14(8-11)21-10-12-6-7-13(20)9-15(12)16(17,18)19/h3-9H,2,10,20H2,1H3. The lowest BCUT2D eigenvalue weighted by molar-refractivity contribution is -0.138. The third kappa shape index (κ3) is 3.90. The summed E-state index contributed by atoms with van der Waals surface area (Å²) in [6, 6.07) is 11.0. The van der Waals surface area contributed by atoms with Crippen LogP contribution in [0.4, 0.5) is 18.9 Å². The lowest BCUT2D eigenvalue weighted by Gasteiger charge is -2.14. The maximum atomic E-state index is 13.0. The lowest BCUT2D eigenvalue weighted by atomic mass is 10.1. The highest BCUT2D eigenvalue weighted by Gasteiger charge is 2.33. The van der Waals surface area contributed by atoms with Gasteiger partial charge in [-0.1, -0.05) is 25.1 Å². The summed E-state index contributed by atoms with van der Waals surface area (Å²) in [6.07, 6.45) is -3.60. The van der Waals surface area contributed by atoms with Crippen LogP contribution in [-0.4, -0.2) is 0 Å². The van der Waals surface area contributed by atoms with Crippen LogP contribution in [0.1, 0.15) is 23.6 Å². The molecule has 0 aliphatic rings. The van der Waals surface area contributed by atoms with Crippen molar-refractivity contribution in [3.05, 3.63) is 59.2 Å². The molecule has 0 heterocycles. The van der Waals surface area contributed by atoms with Crippen molar-refractivity contribution in [2.75, 3.05) is 5.73 Å². The summed E-state index contributed by atoms with van der Waals surface area (Å²) in [4.78, 5) is 0. The minimum absolute atomic E-state index is 0.0681. The third-order valence-electron chi connectivity index (χ3n) is 3.14. The van der Waals surface area contributed by atoms with Gasteiger partial charge in [-0.05, 0) is 36.2 Å². The van der Waals surface area contributed by atoms with Crippen molar-refractivity contribution in [2.45, 2.75) is 26.1 Å². The molecular formula is C16H16F3NO. The van der Waals surface area contributed by atoms with E-state index >= 15 is 0 Å². The number of halogens is 3. The van der Waals surface area contributed by atoms with Crippen molar-refractivity contribution < 1.29 is 17.9 Å². The molecule has 0 amide bonds. The molecule has 0 radical (unpaired) electrons. The van der Waals surface area contributed by atoms with Gasteiger partial charge in [-0.2, -0.15) is 13.2 Å². The van der Waals surface area contributed by atoms with E-state index < -0.39 is 11.7 Å². The Hall–Kier alpha value is -2.17. The van der Waals surface area contributed by atoms with Crippen LogP contribution < -0.4 is 10.5 Å². The van der Waals surface area contributed by atoms with Crippen LogP contribution in [-0.2, 0) is 19.2 Å². The molecule has 0 atom stereocenters. The Labute approximate surface area is 121 Å². The topological polar surface area (TPSA) is 35.2 Å². The molecule has 112 valence electrons. The van der Waals surface area contributed by atoms with Gasteiger partial charge in [-0.15, -0.1) is 0 Å². The normalized spacial score (nSPS) is 11.4. The Kier molecular flexibility index (Phi) is 4.40. The van der Waals surface area contributed by atoms with Crippen LogP contribution in [0.25, 0.3) is 0 Å². The molecule has 0 saturated heterocycles. The molecule has 0 aliphatic carbocycles. The highest BCUT2D eigenvalue weighted by Crippen LogP contribution is 2.33. The molecule has 2 aromatic rings. The summed E-state index contributed by atoms with van der Waals surface area (Å²) in [5.74, 6) is 0.555. The SMILES string of the molecule is CCc1cccc(OCc2ccc(N)cc2C(F)(F)F)c1. The molecule has 0 spiro atoms. The largest absolute Gasteiger partial charge is 0.489 e. The van der Waals surface area contributed by atoms with Crippen molar-refractivity contribution in [1.82, 2.24) is 0 Å². The number of alkyl halides is 3. The summed E-state index contributed by atoms with van der Waals surface area (Å²) in [6.45, 7) is 1.85. The first kappa shape index (κ1) is 15.2. The average Bonchev–Trinajstić information content (AvgIpc) is 2.45.